The van der Waals surface area contributed by atoms with Crippen LogP contribution in [0, 0.1) is 0 Å². The highest BCUT2D eigenvalue weighted by Gasteiger charge is 2.21. The molecule has 1 unspecified atom stereocenters. The summed E-state index contributed by atoms with van der Waals surface area (Å²) in [6.07, 6.45) is 2.11. The third-order valence-corrected chi connectivity index (χ3v) is 4.99. The number of aliphatic imine (C=N–C) groups is 1. The van der Waals surface area contributed by atoms with Crippen molar-refractivity contribution in [3.8, 4) is 0 Å². The number of fused-ring (bicyclic) bond motifs is 1. The highest BCUT2D eigenvalue weighted by molar-refractivity contribution is 14.0. The number of guanidine groups is 1. The number of nitrogens with two attached hydrogens (primary N) is 1. The van der Waals surface area contributed by atoms with E-state index >= 15 is 0 Å². The Morgan fingerprint density at radius 1 is 1.57 bits per heavy atom. The SMILES string of the molecule is CCOCCCNC(N)=NCC(C)N1CCc2sccc2C1.I. The smallest absolute Gasteiger partial charge is 0.188 e. The molecule has 23 heavy (non-hydrogen) atoms. The molecule has 0 aromatic carbocycles. The molecular weight excluding hydrogens is 423 g/mol. The van der Waals surface area contributed by atoms with Gasteiger partial charge in [-0.2, -0.15) is 0 Å². The maximum Gasteiger partial charge on any atom is 0.188 e. The van der Waals surface area contributed by atoms with Crippen molar-refractivity contribution in [2.75, 3.05) is 32.8 Å². The topological polar surface area (TPSA) is 62.9 Å². The molecule has 132 valence electrons. The molecule has 1 aromatic heterocycles. The normalized spacial score (nSPS) is 16.5. The molecule has 0 spiro atoms. The molecular formula is C16H29IN4OS. The van der Waals surface area contributed by atoms with Crippen LogP contribution in [0.5, 0.6) is 0 Å². The number of halogens is 1. The minimum atomic E-state index is 0. The first-order valence-corrected chi connectivity index (χ1v) is 8.99. The summed E-state index contributed by atoms with van der Waals surface area (Å²) in [6.45, 7) is 9.47. The lowest BCUT2D eigenvalue weighted by atomic mass is 10.1. The Morgan fingerprint density at radius 3 is 3.17 bits per heavy atom. The van der Waals surface area contributed by atoms with Crippen LogP contribution in [-0.2, 0) is 17.7 Å². The molecule has 2 heterocycles. The lowest BCUT2D eigenvalue weighted by Crippen LogP contribution is -2.40. The van der Waals surface area contributed by atoms with E-state index in [1.54, 1.807) is 4.88 Å². The van der Waals surface area contributed by atoms with Gasteiger partial charge in [0.15, 0.2) is 5.96 Å². The first-order valence-electron chi connectivity index (χ1n) is 8.11. The summed E-state index contributed by atoms with van der Waals surface area (Å²) in [5.41, 5.74) is 7.39. The monoisotopic (exact) mass is 452 g/mol. The van der Waals surface area contributed by atoms with Crippen LogP contribution in [0.15, 0.2) is 16.4 Å². The summed E-state index contributed by atoms with van der Waals surface area (Å²) in [5, 5.41) is 5.34. The van der Waals surface area contributed by atoms with Crippen molar-refractivity contribution in [2.45, 2.75) is 39.3 Å². The summed E-state index contributed by atoms with van der Waals surface area (Å²) < 4.78 is 5.29. The molecule has 1 aliphatic heterocycles. The average Bonchev–Trinajstić information content (AvgIpc) is 2.99. The van der Waals surface area contributed by atoms with E-state index in [0.717, 1.165) is 52.2 Å². The van der Waals surface area contributed by atoms with Crippen molar-refractivity contribution in [2.24, 2.45) is 10.7 Å². The lowest BCUT2D eigenvalue weighted by molar-refractivity contribution is 0.145. The Bertz CT molecular complexity index is 480. The second-order valence-corrected chi connectivity index (χ2v) is 6.64. The number of hydrogen-bond donors (Lipinski definition) is 2. The van der Waals surface area contributed by atoms with E-state index in [-0.39, 0.29) is 24.0 Å². The van der Waals surface area contributed by atoms with Gasteiger partial charge in [0.1, 0.15) is 0 Å². The first kappa shape index (κ1) is 20.7. The third-order valence-electron chi connectivity index (χ3n) is 3.96. The molecule has 0 aliphatic carbocycles. The molecule has 0 saturated carbocycles. The molecule has 2 rings (SSSR count). The van der Waals surface area contributed by atoms with E-state index in [1.807, 2.05) is 18.3 Å². The van der Waals surface area contributed by atoms with Crippen LogP contribution in [0.25, 0.3) is 0 Å². The molecule has 1 aliphatic rings. The van der Waals surface area contributed by atoms with E-state index in [1.165, 1.54) is 5.56 Å². The van der Waals surface area contributed by atoms with Crippen molar-refractivity contribution >= 4 is 41.3 Å². The Morgan fingerprint density at radius 2 is 2.39 bits per heavy atom. The summed E-state index contributed by atoms with van der Waals surface area (Å²) in [6, 6.07) is 2.66. The van der Waals surface area contributed by atoms with Gasteiger partial charge in [0.05, 0.1) is 6.54 Å². The number of ether oxygens (including phenoxy) is 1. The van der Waals surface area contributed by atoms with Gasteiger partial charge in [-0.3, -0.25) is 9.89 Å². The minimum absolute atomic E-state index is 0. The zero-order valence-corrected chi connectivity index (χ0v) is 17.2. The largest absolute Gasteiger partial charge is 0.382 e. The highest BCUT2D eigenvalue weighted by Crippen LogP contribution is 2.25. The van der Waals surface area contributed by atoms with Gasteiger partial charge in [-0.15, -0.1) is 35.3 Å². The third kappa shape index (κ3) is 6.94. The standard InChI is InChI=1S/C16H28N4OS.HI/c1-3-21-9-4-7-18-16(17)19-11-13(2)20-8-5-15-14(12-20)6-10-22-15;/h6,10,13H,3-5,7-9,11-12H2,1-2H3,(H3,17,18,19);1H. The highest BCUT2D eigenvalue weighted by atomic mass is 127. The van der Waals surface area contributed by atoms with Crippen molar-refractivity contribution in [3.63, 3.8) is 0 Å². The van der Waals surface area contributed by atoms with Crippen LogP contribution < -0.4 is 11.1 Å². The van der Waals surface area contributed by atoms with Gasteiger partial charge in [0.2, 0.25) is 0 Å². The van der Waals surface area contributed by atoms with E-state index in [2.05, 4.69) is 33.6 Å². The van der Waals surface area contributed by atoms with Gasteiger partial charge in [0.25, 0.3) is 0 Å². The summed E-state index contributed by atoms with van der Waals surface area (Å²) in [4.78, 5) is 8.50. The van der Waals surface area contributed by atoms with E-state index in [9.17, 15) is 0 Å². The predicted molar refractivity (Wildman–Crippen MR) is 109 cm³/mol. The summed E-state index contributed by atoms with van der Waals surface area (Å²) in [7, 11) is 0. The van der Waals surface area contributed by atoms with Crippen LogP contribution >= 0.6 is 35.3 Å². The summed E-state index contributed by atoms with van der Waals surface area (Å²) >= 11 is 1.88. The molecule has 3 N–H and O–H groups in total. The van der Waals surface area contributed by atoms with E-state index < -0.39 is 0 Å². The van der Waals surface area contributed by atoms with Crippen LogP contribution in [0.4, 0.5) is 0 Å². The van der Waals surface area contributed by atoms with Crippen molar-refractivity contribution < 1.29 is 4.74 Å². The fraction of sp³-hybridized carbons (Fsp3) is 0.688. The van der Waals surface area contributed by atoms with Gasteiger partial charge in [-0.05, 0) is 43.7 Å². The number of thiophene rings is 1. The van der Waals surface area contributed by atoms with E-state index in [4.69, 9.17) is 10.5 Å². The fourth-order valence-electron chi connectivity index (χ4n) is 2.58. The number of nitrogens with one attached hydrogen (secondary N) is 1. The molecule has 1 aromatic rings. The van der Waals surface area contributed by atoms with Crippen LogP contribution in [0.3, 0.4) is 0 Å². The number of rotatable bonds is 8. The Kier molecular flexibility index (Phi) is 10.1. The Labute approximate surface area is 160 Å². The maximum atomic E-state index is 5.91. The van der Waals surface area contributed by atoms with Gasteiger partial charge >= 0.3 is 0 Å². The van der Waals surface area contributed by atoms with Crippen LogP contribution in [-0.4, -0.2) is 49.7 Å². The van der Waals surface area contributed by atoms with Crippen LogP contribution in [0.2, 0.25) is 0 Å². The molecule has 7 heteroatoms. The Hall–Kier alpha value is -0.380. The molecule has 0 bridgehead atoms. The zero-order valence-electron chi connectivity index (χ0n) is 14.1. The van der Waals surface area contributed by atoms with Gasteiger partial charge < -0.3 is 15.8 Å². The zero-order chi connectivity index (χ0) is 15.8. The number of hydrogen-bond acceptors (Lipinski definition) is 4. The van der Waals surface area contributed by atoms with Gasteiger partial charge in [0, 0.05) is 43.8 Å². The van der Waals surface area contributed by atoms with Crippen molar-refractivity contribution in [1.29, 1.82) is 0 Å². The number of nitrogens with zero attached hydrogens (tertiary/aromatic N) is 2. The van der Waals surface area contributed by atoms with E-state index in [0.29, 0.717) is 12.0 Å². The van der Waals surface area contributed by atoms with Gasteiger partial charge in [-0.1, -0.05) is 0 Å². The average molecular weight is 452 g/mol. The minimum Gasteiger partial charge on any atom is -0.382 e. The lowest BCUT2D eigenvalue weighted by Gasteiger charge is -2.31. The molecule has 1 atom stereocenters. The molecule has 0 fully saturated rings. The molecule has 5 nitrogen and oxygen atoms in total. The quantitative estimate of drug-likeness (QED) is 0.275. The van der Waals surface area contributed by atoms with Gasteiger partial charge in [-0.25, -0.2) is 0 Å². The second kappa shape index (κ2) is 11.2. The predicted octanol–water partition coefficient (Wildman–Crippen LogP) is 2.44. The second-order valence-electron chi connectivity index (χ2n) is 5.64. The molecule has 0 saturated heterocycles. The molecule has 0 radical (unpaired) electrons. The Balaban J connectivity index is 0.00000264. The van der Waals surface area contributed by atoms with Crippen molar-refractivity contribution in [3.05, 3.63) is 21.9 Å². The summed E-state index contributed by atoms with van der Waals surface area (Å²) in [5.74, 6) is 0.539. The maximum absolute atomic E-state index is 5.91. The van der Waals surface area contributed by atoms with Crippen molar-refractivity contribution in [1.82, 2.24) is 10.2 Å². The first-order chi connectivity index (χ1) is 10.7. The fourth-order valence-corrected chi connectivity index (χ4v) is 3.47. The van der Waals surface area contributed by atoms with Crippen LogP contribution in [0.1, 0.15) is 30.7 Å². The molecule has 0 amide bonds.